The van der Waals surface area contributed by atoms with Gasteiger partial charge in [0.25, 0.3) is 0 Å². The summed E-state index contributed by atoms with van der Waals surface area (Å²) in [5.41, 5.74) is 0. The SMILES string of the molecule is [BaH2].[MgH2].[SrH2].[Zn]. The van der Waals surface area contributed by atoms with Crippen LogP contribution in [-0.4, -0.2) is 117 Å². The van der Waals surface area contributed by atoms with E-state index in [1.807, 2.05) is 0 Å². The van der Waals surface area contributed by atoms with Gasteiger partial charge >= 0.3 is 117 Å². The van der Waals surface area contributed by atoms with Gasteiger partial charge in [0.15, 0.2) is 0 Å². The summed E-state index contributed by atoms with van der Waals surface area (Å²) in [4.78, 5) is 0. The van der Waals surface area contributed by atoms with E-state index in [2.05, 4.69) is 0 Å². The molecule has 0 aliphatic rings. The molecule has 0 aromatic heterocycles. The molecule has 0 spiro atoms. The van der Waals surface area contributed by atoms with Gasteiger partial charge in [-0.25, -0.2) is 0 Å². The number of hydrogen-bond donors (Lipinski definition) is 0. The van der Waals surface area contributed by atoms with Crippen molar-refractivity contribution in [1.82, 2.24) is 0 Å². The largest absolute Gasteiger partial charge is 0 e. The molecule has 0 unspecified atom stereocenters. The third-order valence-electron chi connectivity index (χ3n) is 0. The van der Waals surface area contributed by atoms with E-state index in [1.54, 1.807) is 0 Å². The van der Waals surface area contributed by atoms with Crippen molar-refractivity contribution in [3.05, 3.63) is 0 Å². The Hall–Kier alpha value is 4.44. The quantitative estimate of drug-likeness (QED) is 0.425. The molecule has 4 heteroatoms. The summed E-state index contributed by atoms with van der Waals surface area (Å²) in [6.07, 6.45) is 0. The van der Waals surface area contributed by atoms with Crippen LogP contribution >= 0.6 is 0 Å². The predicted octanol–water partition coefficient (Wildman–Crippen LogP) is -2.75. The average Bonchev–Trinajstić information content (AvgIpc) is 0. The zero-order valence-corrected chi connectivity index (χ0v) is 3.67. The van der Waals surface area contributed by atoms with Crippen LogP contribution in [0.4, 0.5) is 0 Å². The van der Waals surface area contributed by atoms with Crippen LogP contribution < -0.4 is 0 Å². The molecular formula is H6BaMgSrZn. The molecule has 0 nitrogen and oxygen atoms in total. The molecular weight excluding hydrogens is 315 g/mol. The Balaban J connectivity index is 0. The molecule has 0 aliphatic heterocycles. The zero-order valence-electron chi connectivity index (χ0n) is 0.707. The first-order valence-corrected chi connectivity index (χ1v) is 0. The number of hydrogen-bond acceptors (Lipinski definition) is 0. The summed E-state index contributed by atoms with van der Waals surface area (Å²) in [6.45, 7) is 0. The fraction of sp³-hybridized carbons (Fsp3) is 0. The van der Waals surface area contributed by atoms with E-state index < -0.39 is 0 Å². The Morgan fingerprint density at radius 1 is 1.00 bits per heavy atom. The molecule has 0 heterocycles. The Morgan fingerprint density at radius 3 is 1.00 bits per heavy atom. The van der Waals surface area contributed by atoms with Gasteiger partial charge in [-0.1, -0.05) is 0 Å². The Kier molecular flexibility index (Phi) is 92.7. The van der Waals surface area contributed by atoms with Gasteiger partial charge in [-0.15, -0.1) is 0 Å². The molecule has 0 aromatic carbocycles. The van der Waals surface area contributed by atoms with Gasteiger partial charge in [0.2, 0.25) is 0 Å². The Bertz CT molecular complexity index is 8.00. The van der Waals surface area contributed by atoms with Crippen molar-refractivity contribution < 1.29 is 19.5 Å². The van der Waals surface area contributed by atoms with Gasteiger partial charge in [0.1, 0.15) is 0 Å². The summed E-state index contributed by atoms with van der Waals surface area (Å²) < 4.78 is 0. The minimum Gasteiger partial charge on any atom is 0 e. The molecule has 0 amide bonds. The normalized spacial score (nSPS) is 0. The third kappa shape index (κ3) is 9.67. The van der Waals surface area contributed by atoms with Gasteiger partial charge in [0.05, 0.1) is 0 Å². The maximum Gasteiger partial charge on any atom is 0 e. The average molecular weight is 321 g/mol. The fourth-order valence-corrected chi connectivity index (χ4v) is 0. The maximum absolute atomic E-state index is 0. The second-order valence-corrected chi connectivity index (χ2v) is 0. The van der Waals surface area contributed by atoms with E-state index in [-0.39, 0.29) is 137 Å². The molecule has 0 aliphatic carbocycles. The standard InChI is InChI=1S/Ba.Mg.Sr.Zn.6H. The second-order valence-electron chi connectivity index (χ2n) is 0. The van der Waals surface area contributed by atoms with E-state index in [9.17, 15) is 0 Å². The van der Waals surface area contributed by atoms with Crippen molar-refractivity contribution in [3.63, 3.8) is 0 Å². The van der Waals surface area contributed by atoms with Crippen LogP contribution in [-0.2, 0) is 19.5 Å². The van der Waals surface area contributed by atoms with Gasteiger partial charge in [-0.2, -0.15) is 0 Å². The van der Waals surface area contributed by atoms with Crippen LogP contribution in [0, 0.1) is 0 Å². The third-order valence-corrected chi connectivity index (χ3v) is 0. The molecule has 0 atom stereocenters. The smallest absolute Gasteiger partial charge is 0 e. The van der Waals surface area contributed by atoms with E-state index >= 15 is 0 Å². The summed E-state index contributed by atoms with van der Waals surface area (Å²) in [5.74, 6) is 0. The minimum atomic E-state index is 0. The van der Waals surface area contributed by atoms with Crippen LogP contribution in [0.15, 0.2) is 0 Å². The predicted molar refractivity (Wildman–Crippen MR) is 25.6 cm³/mol. The van der Waals surface area contributed by atoms with Crippen molar-refractivity contribution in [2.75, 3.05) is 0 Å². The van der Waals surface area contributed by atoms with Crippen LogP contribution in [0.2, 0.25) is 0 Å². The second kappa shape index (κ2) is 15.7. The first kappa shape index (κ1) is 23.7. The first-order chi connectivity index (χ1) is 0. The van der Waals surface area contributed by atoms with E-state index in [4.69, 9.17) is 0 Å². The van der Waals surface area contributed by atoms with Crippen molar-refractivity contribution in [2.24, 2.45) is 0 Å². The molecule has 0 fully saturated rings. The fourth-order valence-electron chi connectivity index (χ4n) is 0. The summed E-state index contributed by atoms with van der Waals surface area (Å²) in [6, 6.07) is 0. The van der Waals surface area contributed by atoms with Gasteiger partial charge in [-0.3, -0.25) is 0 Å². The number of rotatable bonds is 0. The molecule has 14 valence electrons. The molecule has 4 heavy (non-hydrogen) atoms. The van der Waals surface area contributed by atoms with Crippen molar-refractivity contribution in [1.29, 1.82) is 0 Å². The first-order valence-electron chi connectivity index (χ1n) is 0. The summed E-state index contributed by atoms with van der Waals surface area (Å²) in [7, 11) is 0. The van der Waals surface area contributed by atoms with Crippen LogP contribution in [0.3, 0.4) is 0 Å². The van der Waals surface area contributed by atoms with Crippen molar-refractivity contribution in [2.45, 2.75) is 0 Å². The topological polar surface area (TPSA) is 0 Å². The van der Waals surface area contributed by atoms with Gasteiger partial charge in [0, 0.05) is 19.5 Å². The van der Waals surface area contributed by atoms with Gasteiger partial charge < -0.3 is 0 Å². The summed E-state index contributed by atoms with van der Waals surface area (Å²) in [5, 5.41) is 0. The van der Waals surface area contributed by atoms with Crippen molar-refractivity contribution >= 4 is 117 Å². The van der Waals surface area contributed by atoms with Crippen molar-refractivity contribution in [3.8, 4) is 0 Å². The molecule has 0 bridgehead atoms. The summed E-state index contributed by atoms with van der Waals surface area (Å²) >= 11 is 0. The molecule has 0 radical (unpaired) electrons. The van der Waals surface area contributed by atoms with E-state index in [1.165, 1.54) is 0 Å². The zero-order chi connectivity index (χ0) is 0. The van der Waals surface area contributed by atoms with Crippen LogP contribution in [0.25, 0.3) is 0 Å². The van der Waals surface area contributed by atoms with Gasteiger partial charge in [-0.05, 0) is 0 Å². The van der Waals surface area contributed by atoms with E-state index in [0.29, 0.717) is 0 Å². The minimum absolute atomic E-state index is 0. The molecule has 0 saturated heterocycles. The Morgan fingerprint density at radius 2 is 1.00 bits per heavy atom. The van der Waals surface area contributed by atoms with E-state index in [0.717, 1.165) is 0 Å². The molecule has 0 N–H and O–H groups in total. The monoisotopic (exact) mass is 320 g/mol. The van der Waals surface area contributed by atoms with Crippen LogP contribution in [0.1, 0.15) is 0 Å². The Labute approximate surface area is 132 Å². The molecule has 0 aromatic rings. The molecule has 0 saturated carbocycles. The molecule has 0 rings (SSSR count). The van der Waals surface area contributed by atoms with Crippen LogP contribution in [0.5, 0.6) is 0 Å². The maximum atomic E-state index is 0.